The molecule has 25 nitrogen and oxygen atoms in total. The molecule has 0 radical (unpaired) electrons. The largest absolute Gasteiger partial charge is 0.480 e. The zero-order valence-corrected chi connectivity index (χ0v) is 37.3. The van der Waals surface area contributed by atoms with Crippen LogP contribution < -0.4 is 71.6 Å². The highest BCUT2D eigenvalue weighted by molar-refractivity contribution is 5.97. The van der Waals surface area contributed by atoms with Crippen LogP contribution in [0.1, 0.15) is 92.9 Å². The minimum absolute atomic E-state index is 0.00542. The van der Waals surface area contributed by atoms with Gasteiger partial charge >= 0.3 is 5.97 Å². The van der Waals surface area contributed by atoms with E-state index in [2.05, 4.69) is 47.2 Å². The van der Waals surface area contributed by atoms with Crippen molar-refractivity contribution in [2.75, 3.05) is 26.2 Å². The Bertz CT molecular complexity index is 1570. The smallest absolute Gasteiger partial charge is 0.325 e. The van der Waals surface area contributed by atoms with Crippen molar-refractivity contribution in [3.63, 3.8) is 0 Å². The molecule has 0 aliphatic rings. The van der Waals surface area contributed by atoms with Gasteiger partial charge < -0.3 is 81.8 Å². The van der Waals surface area contributed by atoms with Crippen molar-refractivity contribution in [2.45, 2.75) is 141 Å². The number of hydrogen-bond donors (Lipinski definition) is 15. The highest BCUT2D eigenvalue weighted by atomic mass is 16.4. The lowest BCUT2D eigenvalue weighted by molar-refractivity contribution is -0.142. The third-order valence-electron chi connectivity index (χ3n) is 9.34. The monoisotopic (exact) mass is 900 g/mol. The van der Waals surface area contributed by atoms with Gasteiger partial charge in [-0.2, -0.15) is 0 Å². The Kier molecular flexibility index (Phi) is 27.5. The average Bonchev–Trinajstić information content (AvgIpc) is 3.19. The highest BCUT2D eigenvalue weighted by Gasteiger charge is 2.34. The zero-order chi connectivity index (χ0) is 48.4. The first kappa shape index (κ1) is 57.2. The zero-order valence-electron chi connectivity index (χ0n) is 37.3. The van der Waals surface area contributed by atoms with Crippen molar-refractivity contribution in [1.29, 1.82) is 0 Å². The molecule has 0 aliphatic heterocycles. The lowest BCUT2D eigenvalue weighted by Gasteiger charge is -2.28. The van der Waals surface area contributed by atoms with Crippen LogP contribution >= 0.6 is 0 Å². The number of guanidine groups is 2. The quantitative estimate of drug-likeness (QED) is 0.0176. The lowest BCUT2D eigenvalue weighted by atomic mass is 10.0. The molecule has 7 amide bonds. The van der Waals surface area contributed by atoms with Gasteiger partial charge in [0, 0.05) is 13.1 Å². The maximum atomic E-state index is 13.7. The van der Waals surface area contributed by atoms with E-state index in [9.17, 15) is 48.6 Å². The van der Waals surface area contributed by atoms with Crippen LogP contribution in [0.25, 0.3) is 0 Å². The number of nitrogens with one attached hydrogen (secondary N) is 7. The second kappa shape index (κ2) is 30.3. The van der Waals surface area contributed by atoms with Crippen molar-refractivity contribution in [2.24, 2.45) is 56.2 Å². The van der Waals surface area contributed by atoms with Crippen LogP contribution in [0, 0.1) is 11.8 Å². The first-order valence-corrected chi connectivity index (χ1v) is 21.0. The number of carbonyl (C=O) groups is 8. The number of aliphatic imine (C=N–C) groups is 2. The van der Waals surface area contributed by atoms with Gasteiger partial charge in [-0.3, -0.25) is 48.3 Å². The topological polar surface area (TPSA) is 442 Å². The summed E-state index contributed by atoms with van der Waals surface area (Å²) in [6.07, 6.45) is 1.63. The third-order valence-corrected chi connectivity index (χ3v) is 9.34. The molecule has 0 aromatic rings. The molecule has 0 aliphatic carbocycles. The molecule has 21 N–H and O–H groups in total. The van der Waals surface area contributed by atoms with Crippen molar-refractivity contribution < 1.29 is 48.6 Å². The Morgan fingerprint density at radius 1 is 0.524 bits per heavy atom. The van der Waals surface area contributed by atoms with Crippen LogP contribution in [0.15, 0.2) is 9.98 Å². The van der Waals surface area contributed by atoms with Gasteiger partial charge in [-0.25, -0.2) is 0 Å². The summed E-state index contributed by atoms with van der Waals surface area (Å²) >= 11 is 0. The molecule has 0 saturated carbocycles. The maximum absolute atomic E-state index is 13.7. The number of aliphatic hydroxyl groups excluding tert-OH is 1. The molecule has 0 spiro atoms. The van der Waals surface area contributed by atoms with Crippen LogP contribution in [0.5, 0.6) is 0 Å². The summed E-state index contributed by atoms with van der Waals surface area (Å²) in [5, 5.41) is 36.7. The second-order valence-electron chi connectivity index (χ2n) is 15.9. The van der Waals surface area contributed by atoms with Crippen LogP contribution in [0.3, 0.4) is 0 Å². The number of carbonyl (C=O) groups excluding carboxylic acids is 7. The van der Waals surface area contributed by atoms with E-state index in [0.717, 1.165) is 0 Å². The summed E-state index contributed by atoms with van der Waals surface area (Å²) < 4.78 is 0. The van der Waals surface area contributed by atoms with Gasteiger partial charge in [0.2, 0.25) is 41.4 Å². The van der Waals surface area contributed by atoms with Crippen molar-refractivity contribution in [3.8, 4) is 0 Å². The molecule has 0 bridgehead atoms. The second-order valence-corrected chi connectivity index (χ2v) is 15.9. The number of unbranched alkanes of at least 4 members (excludes halogenated alkanes) is 1. The van der Waals surface area contributed by atoms with E-state index in [1.807, 2.05) is 13.8 Å². The standard InChI is InChI=1S/C38H73N15O10/c1-19(2)17-23(40)30(56)52-27(18-54)34(60)51-26(13-10-16-46-38(43)44)33(59)53-28(20(3)4)35(61)47-21(5)29(55)49-24(11-7-8-14-39)32(58)50-25(12-9-15-45-37(41)42)31(57)48-22(6)36(62)63/h19-28,54H,7-18,39-40H2,1-6H3,(H,47,61)(H,48,57)(H,49,55)(H,50,58)(H,51,60)(H,52,56)(H,53,59)(H,62,63)(H4,41,42,45)(H4,43,44,46)/t21-,22-,23-,24-,25-,26-,27-,28-/m0/s1. The number of rotatable bonds is 31. The molecule has 25 heteroatoms. The van der Waals surface area contributed by atoms with E-state index in [4.69, 9.17) is 34.4 Å². The molecule has 0 aromatic carbocycles. The number of amides is 7. The van der Waals surface area contributed by atoms with Gasteiger partial charge in [-0.05, 0) is 83.6 Å². The maximum Gasteiger partial charge on any atom is 0.325 e. The van der Waals surface area contributed by atoms with Crippen molar-refractivity contribution in [3.05, 3.63) is 0 Å². The molecule has 8 atom stereocenters. The molecule has 0 unspecified atom stereocenters. The molecular weight excluding hydrogens is 827 g/mol. The molecule has 0 heterocycles. The Balaban J connectivity index is 6.17. The predicted octanol–water partition coefficient (Wildman–Crippen LogP) is -5.24. The van der Waals surface area contributed by atoms with Gasteiger partial charge in [0.15, 0.2) is 11.9 Å². The van der Waals surface area contributed by atoms with E-state index in [-0.39, 0.29) is 69.6 Å². The van der Waals surface area contributed by atoms with E-state index < -0.39 is 108 Å². The van der Waals surface area contributed by atoms with Gasteiger partial charge in [0.05, 0.1) is 12.6 Å². The van der Waals surface area contributed by atoms with Crippen molar-refractivity contribution >= 4 is 59.2 Å². The summed E-state index contributed by atoms with van der Waals surface area (Å²) in [5.74, 6) is -7.75. The Morgan fingerprint density at radius 3 is 1.37 bits per heavy atom. The predicted molar refractivity (Wildman–Crippen MR) is 235 cm³/mol. The van der Waals surface area contributed by atoms with Crippen molar-refractivity contribution in [1.82, 2.24) is 37.2 Å². The number of nitrogens with zero attached hydrogens (tertiary/aromatic N) is 2. The fraction of sp³-hybridized carbons (Fsp3) is 0.737. The number of aliphatic carboxylic acids is 1. The third kappa shape index (κ3) is 23.8. The fourth-order valence-electron chi connectivity index (χ4n) is 5.77. The number of carboxylic acid groups (broad SMARTS) is 1. The number of nitrogens with two attached hydrogens (primary N) is 6. The van der Waals surface area contributed by atoms with E-state index in [1.165, 1.54) is 13.8 Å². The summed E-state index contributed by atoms with van der Waals surface area (Å²) in [7, 11) is 0. The minimum Gasteiger partial charge on any atom is -0.480 e. The minimum atomic E-state index is -1.46. The van der Waals surface area contributed by atoms with Gasteiger partial charge in [0.25, 0.3) is 0 Å². The summed E-state index contributed by atoms with van der Waals surface area (Å²) in [6.45, 7) is 9.20. The van der Waals surface area contributed by atoms with Gasteiger partial charge in [-0.1, -0.05) is 27.7 Å². The van der Waals surface area contributed by atoms with E-state index in [0.29, 0.717) is 19.3 Å². The van der Waals surface area contributed by atoms with Gasteiger partial charge in [0.1, 0.15) is 42.3 Å². The lowest BCUT2D eigenvalue weighted by Crippen LogP contribution is -2.60. The Hall–Kier alpha value is -5.82. The molecule has 0 aromatic heterocycles. The molecule has 0 fully saturated rings. The van der Waals surface area contributed by atoms with Crippen LogP contribution in [-0.4, -0.2) is 144 Å². The fourth-order valence-corrected chi connectivity index (χ4v) is 5.77. The summed E-state index contributed by atoms with van der Waals surface area (Å²) in [5.41, 5.74) is 33.1. The molecule has 63 heavy (non-hydrogen) atoms. The van der Waals surface area contributed by atoms with Crippen LogP contribution in [0.2, 0.25) is 0 Å². The first-order valence-electron chi connectivity index (χ1n) is 21.0. The Morgan fingerprint density at radius 2 is 0.937 bits per heavy atom. The SMILES string of the molecule is CC(C)C[C@H](N)C(=O)N[C@@H](CO)C(=O)N[C@@H](CCCN=C(N)N)C(=O)N[C@H](C(=O)N[C@@H](C)C(=O)N[C@@H](CCCCN)C(=O)N[C@@H](CCCN=C(N)N)C(=O)N[C@@H](C)C(=O)O)C(C)C. The van der Waals surface area contributed by atoms with E-state index in [1.54, 1.807) is 13.8 Å². The highest BCUT2D eigenvalue weighted by Crippen LogP contribution is 2.09. The van der Waals surface area contributed by atoms with E-state index >= 15 is 0 Å². The molecule has 360 valence electrons. The first-order chi connectivity index (χ1) is 29.4. The van der Waals surface area contributed by atoms with Crippen LogP contribution in [-0.2, 0) is 38.4 Å². The number of hydrogen-bond acceptors (Lipinski definition) is 13. The average molecular weight is 900 g/mol. The Labute approximate surface area is 368 Å². The molecule has 0 rings (SSSR count). The number of carboxylic acids is 1. The summed E-state index contributed by atoms with van der Waals surface area (Å²) in [6, 6.07) is -10.0. The van der Waals surface area contributed by atoms with Crippen LogP contribution in [0.4, 0.5) is 0 Å². The van der Waals surface area contributed by atoms with Gasteiger partial charge in [-0.15, -0.1) is 0 Å². The number of aliphatic hydroxyl groups is 1. The summed E-state index contributed by atoms with van der Waals surface area (Å²) in [4.78, 5) is 113. The molecule has 0 saturated heterocycles. The molecular formula is C38H73N15O10. The normalized spacial score (nSPS) is 14.8.